The van der Waals surface area contributed by atoms with Gasteiger partial charge in [-0.15, -0.1) is 5.54 Å². The van der Waals surface area contributed by atoms with E-state index in [-0.39, 0.29) is 11.8 Å². The molecular weight excluding hydrogens is 403 g/mol. The third kappa shape index (κ3) is 6.63. The molecule has 1 rings (SSSR count). The molecule has 0 aliphatic heterocycles. The Balaban J connectivity index is 3.28. The summed E-state index contributed by atoms with van der Waals surface area (Å²) in [6, 6.07) is 4.67. The molecule has 0 saturated heterocycles. The molecular formula is C24H36F3NOSi. The molecule has 2 nitrogen and oxygen atoms in total. The number of nitrogens with one attached hydrogen (secondary N) is 1. The molecule has 1 atom stereocenters. The fourth-order valence-corrected chi connectivity index (χ4v) is 9.48. The number of carbonyl (C=O) groups excluding carboxylic acids is 1. The molecule has 0 fully saturated rings. The van der Waals surface area contributed by atoms with Crippen LogP contribution in [-0.2, 0) is 17.4 Å². The summed E-state index contributed by atoms with van der Waals surface area (Å²) < 4.78 is 38.5. The summed E-state index contributed by atoms with van der Waals surface area (Å²) in [6.45, 7) is 16.9. The van der Waals surface area contributed by atoms with E-state index in [1.54, 1.807) is 0 Å². The van der Waals surface area contributed by atoms with E-state index in [2.05, 4.69) is 58.3 Å². The maximum absolute atomic E-state index is 12.8. The van der Waals surface area contributed by atoms with Crippen molar-refractivity contribution in [3.05, 3.63) is 35.4 Å². The Morgan fingerprint density at radius 1 is 0.933 bits per heavy atom. The van der Waals surface area contributed by atoms with Crippen molar-refractivity contribution < 1.29 is 18.0 Å². The van der Waals surface area contributed by atoms with Gasteiger partial charge in [0.05, 0.1) is 11.6 Å². The molecule has 1 N–H and O–H groups in total. The molecule has 0 aliphatic rings. The molecule has 0 aromatic heterocycles. The summed E-state index contributed by atoms with van der Waals surface area (Å²) in [4.78, 5) is 12.3. The van der Waals surface area contributed by atoms with Gasteiger partial charge in [0, 0.05) is 12.3 Å². The maximum atomic E-state index is 12.8. The first-order valence-corrected chi connectivity index (χ1v) is 12.9. The highest BCUT2D eigenvalue weighted by molar-refractivity contribution is 6.90. The summed E-state index contributed by atoms with van der Waals surface area (Å²) in [7, 11) is -1.98. The van der Waals surface area contributed by atoms with E-state index in [1.165, 1.54) is 12.1 Å². The molecule has 0 aliphatic carbocycles. The number of alkyl halides is 3. The maximum Gasteiger partial charge on any atom is 0.416 e. The average molecular weight is 440 g/mol. The summed E-state index contributed by atoms with van der Waals surface area (Å²) in [5, 5.41) is 2.99. The van der Waals surface area contributed by atoms with Crippen LogP contribution in [0.25, 0.3) is 0 Å². The molecule has 0 heterocycles. The highest BCUT2D eigenvalue weighted by Crippen LogP contribution is 2.40. The molecule has 1 amide bonds. The first-order valence-electron chi connectivity index (χ1n) is 10.7. The van der Waals surface area contributed by atoms with Crippen LogP contribution in [0.1, 0.15) is 66.5 Å². The van der Waals surface area contributed by atoms with E-state index in [0.29, 0.717) is 23.0 Å². The van der Waals surface area contributed by atoms with Gasteiger partial charge in [0.1, 0.15) is 8.07 Å². The minimum Gasteiger partial charge on any atom is -0.342 e. The summed E-state index contributed by atoms with van der Waals surface area (Å²) in [6.07, 6.45) is -3.98. The Hall–Kier alpha value is -1.74. The monoisotopic (exact) mass is 439 g/mol. The second kappa shape index (κ2) is 10.5. The second-order valence-electron chi connectivity index (χ2n) is 9.28. The van der Waals surface area contributed by atoms with Crippen LogP contribution in [0.2, 0.25) is 16.6 Å². The quantitative estimate of drug-likeness (QED) is 0.376. The standard InChI is InChI=1S/C24H36F3NOSi/c1-16(2)23(29)28-22(13-14-30(17(3)4,18(5)6)19(7)8)15-20-9-11-21(12-10-20)24(25,26)27/h9-12,16-19,22H,15H2,1-8H3,(H,28,29)/t22-/m0/s1. The van der Waals surface area contributed by atoms with Crippen molar-refractivity contribution in [2.24, 2.45) is 5.92 Å². The number of benzene rings is 1. The van der Waals surface area contributed by atoms with Crippen molar-refractivity contribution in [3.63, 3.8) is 0 Å². The largest absolute Gasteiger partial charge is 0.416 e. The molecule has 0 bridgehead atoms. The topological polar surface area (TPSA) is 29.1 Å². The average Bonchev–Trinajstić information content (AvgIpc) is 2.60. The third-order valence-corrected chi connectivity index (χ3v) is 12.2. The highest BCUT2D eigenvalue weighted by Gasteiger charge is 2.41. The lowest BCUT2D eigenvalue weighted by atomic mass is 10.0. The van der Waals surface area contributed by atoms with Crippen LogP contribution in [0, 0.1) is 17.4 Å². The Bertz CT molecular complexity index is 734. The lowest BCUT2D eigenvalue weighted by Gasteiger charge is -2.38. The van der Waals surface area contributed by atoms with Gasteiger partial charge < -0.3 is 5.32 Å². The van der Waals surface area contributed by atoms with E-state index >= 15 is 0 Å². The zero-order valence-corrected chi connectivity index (χ0v) is 20.4. The van der Waals surface area contributed by atoms with Gasteiger partial charge in [-0.3, -0.25) is 4.79 Å². The van der Waals surface area contributed by atoms with Gasteiger partial charge >= 0.3 is 6.18 Å². The van der Waals surface area contributed by atoms with Crippen LogP contribution in [0.4, 0.5) is 13.2 Å². The molecule has 1 aromatic rings. The van der Waals surface area contributed by atoms with Crippen LogP contribution >= 0.6 is 0 Å². The van der Waals surface area contributed by atoms with Gasteiger partial charge in [0.2, 0.25) is 5.91 Å². The molecule has 1 aromatic carbocycles. The first kappa shape index (κ1) is 26.3. The van der Waals surface area contributed by atoms with Crippen molar-refractivity contribution in [2.45, 2.75) is 90.7 Å². The Kier molecular flexibility index (Phi) is 9.22. The third-order valence-electron chi connectivity index (χ3n) is 5.89. The number of halogens is 3. The molecule has 30 heavy (non-hydrogen) atoms. The van der Waals surface area contributed by atoms with Crippen molar-refractivity contribution >= 4 is 14.0 Å². The number of hydrogen-bond donors (Lipinski definition) is 1. The van der Waals surface area contributed by atoms with Gasteiger partial charge in [-0.1, -0.05) is 73.4 Å². The number of rotatable bonds is 7. The predicted molar refractivity (Wildman–Crippen MR) is 121 cm³/mol. The van der Waals surface area contributed by atoms with Gasteiger partial charge in [-0.2, -0.15) is 13.2 Å². The van der Waals surface area contributed by atoms with E-state index in [9.17, 15) is 18.0 Å². The lowest BCUT2D eigenvalue weighted by molar-refractivity contribution is -0.137. The fourth-order valence-electron chi connectivity index (χ4n) is 4.19. The Morgan fingerprint density at radius 3 is 1.77 bits per heavy atom. The first-order chi connectivity index (χ1) is 13.7. The highest BCUT2D eigenvalue weighted by atomic mass is 28.3. The molecule has 0 radical (unpaired) electrons. The van der Waals surface area contributed by atoms with E-state index < -0.39 is 25.9 Å². The Morgan fingerprint density at radius 2 is 1.40 bits per heavy atom. The van der Waals surface area contributed by atoms with E-state index in [4.69, 9.17) is 0 Å². The summed E-state index contributed by atoms with van der Waals surface area (Å²) >= 11 is 0. The second-order valence-corrected chi connectivity index (χ2v) is 14.9. The van der Waals surface area contributed by atoms with Crippen molar-refractivity contribution in [1.82, 2.24) is 5.32 Å². The number of amides is 1. The van der Waals surface area contributed by atoms with Gasteiger partial charge in [-0.05, 0) is 34.3 Å². The summed E-state index contributed by atoms with van der Waals surface area (Å²) in [5.41, 5.74) is 5.04. The molecule has 168 valence electrons. The lowest BCUT2D eigenvalue weighted by Crippen LogP contribution is -2.44. The minimum atomic E-state index is -4.36. The predicted octanol–water partition coefficient (Wildman–Crippen LogP) is 6.61. The van der Waals surface area contributed by atoms with Crippen molar-refractivity contribution in [3.8, 4) is 11.5 Å². The van der Waals surface area contributed by atoms with Crippen LogP contribution in [-0.4, -0.2) is 20.0 Å². The van der Waals surface area contributed by atoms with Crippen LogP contribution in [0.15, 0.2) is 24.3 Å². The summed E-state index contributed by atoms with van der Waals surface area (Å²) in [5.74, 6) is 3.05. The molecule has 6 heteroatoms. The van der Waals surface area contributed by atoms with Crippen molar-refractivity contribution in [2.75, 3.05) is 0 Å². The van der Waals surface area contributed by atoms with Crippen LogP contribution in [0.3, 0.4) is 0 Å². The van der Waals surface area contributed by atoms with Crippen LogP contribution < -0.4 is 5.32 Å². The molecule has 0 spiro atoms. The smallest absolute Gasteiger partial charge is 0.342 e. The van der Waals surface area contributed by atoms with Crippen molar-refractivity contribution in [1.29, 1.82) is 0 Å². The van der Waals surface area contributed by atoms with E-state index in [1.807, 2.05) is 13.8 Å². The zero-order chi connectivity index (χ0) is 23.3. The normalized spacial score (nSPS) is 13.6. The number of hydrogen-bond acceptors (Lipinski definition) is 1. The Labute approximate surface area is 181 Å². The molecule has 0 saturated carbocycles. The SMILES string of the molecule is CC(C)C(=O)N[C@@H](C#C[Si](C(C)C)(C(C)C)C(C)C)Cc1ccc(C(F)(F)F)cc1. The van der Waals surface area contributed by atoms with Crippen LogP contribution in [0.5, 0.6) is 0 Å². The number of carbonyl (C=O) groups is 1. The van der Waals surface area contributed by atoms with Gasteiger partial charge in [0.15, 0.2) is 0 Å². The zero-order valence-electron chi connectivity index (χ0n) is 19.4. The van der Waals surface area contributed by atoms with Gasteiger partial charge in [-0.25, -0.2) is 0 Å². The minimum absolute atomic E-state index is 0.105. The fraction of sp³-hybridized carbons (Fsp3) is 0.625. The van der Waals surface area contributed by atoms with E-state index in [0.717, 1.165) is 17.7 Å². The molecule has 0 unspecified atom stereocenters. The van der Waals surface area contributed by atoms with Gasteiger partial charge in [0.25, 0.3) is 0 Å².